The van der Waals surface area contributed by atoms with Crippen molar-refractivity contribution < 1.29 is 23.7 Å². The van der Waals surface area contributed by atoms with E-state index >= 15 is 0 Å². The summed E-state index contributed by atoms with van der Waals surface area (Å²) in [6, 6.07) is 0. The van der Waals surface area contributed by atoms with Crippen LogP contribution >= 0.6 is 0 Å². The number of methoxy groups -OCH3 is 3. The average Bonchev–Trinajstić information content (AvgIpc) is 3.30. The summed E-state index contributed by atoms with van der Waals surface area (Å²) in [5.74, 6) is 5.26. The monoisotopic (exact) mass is 574 g/mol. The first-order valence-corrected chi connectivity index (χ1v) is 17.2. The second-order valence-electron chi connectivity index (χ2n) is 15.6. The first-order chi connectivity index (χ1) is 19.6. The molecule has 3 saturated carbocycles. The predicted molar refractivity (Wildman–Crippen MR) is 165 cm³/mol. The molecular formula is C36H62O5. The van der Waals surface area contributed by atoms with Crippen LogP contribution in [0.3, 0.4) is 0 Å². The molecule has 5 nitrogen and oxygen atoms in total. The Kier molecular flexibility index (Phi) is 10.3. The van der Waals surface area contributed by atoms with E-state index in [1.165, 1.54) is 57.8 Å². The minimum atomic E-state index is -0.272. The van der Waals surface area contributed by atoms with Crippen LogP contribution in [0.1, 0.15) is 112 Å². The number of ether oxygens (including phenoxy) is 5. The van der Waals surface area contributed by atoms with Crippen LogP contribution in [0.4, 0.5) is 0 Å². The second-order valence-corrected chi connectivity index (χ2v) is 15.6. The van der Waals surface area contributed by atoms with E-state index in [2.05, 4.69) is 40.7 Å². The molecule has 0 bridgehead atoms. The Morgan fingerprint density at radius 1 is 0.951 bits per heavy atom. The Morgan fingerprint density at radius 2 is 1.76 bits per heavy atom. The molecule has 0 aromatic heterocycles. The lowest BCUT2D eigenvalue weighted by Gasteiger charge is -2.58. The minimum absolute atomic E-state index is 0.0490. The van der Waals surface area contributed by atoms with Gasteiger partial charge in [0.25, 0.3) is 0 Å². The van der Waals surface area contributed by atoms with Gasteiger partial charge in [0.05, 0.1) is 18.8 Å². The topological polar surface area (TPSA) is 46.2 Å². The SMILES string of the molecule is COC[C@H]1O[C@@H](O[C@H]2CC[C@@]3(C)C(=CC[C@H]4[C@@H]5CC[C@H]([C@H](C)CCCC(C)C)[C@@]5(C)CC[C@@H]43)C2)C[C@@H](OC)[C@@H]1OC. The standard InChI is InChI=1S/C36H62O5/c1-23(2)10-9-11-24(3)28-14-15-29-27-13-12-25-20-26(16-18-35(25,4)30(27)17-19-36(28,29)5)40-33-21-31(38-7)34(39-8)32(41-33)22-37-6/h12,23-24,26-34H,9-11,13-22H2,1-8H3/t24-,26+,27+,28-,29+,30+,31-,32-,33-,34+,35+,36-/m1/s1. The first kappa shape index (κ1) is 31.9. The molecule has 5 aliphatic rings. The molecule has 41 heavy (non-hydrogen) atoms. The van der Waals surface area contributed by atoms with Crippen LogP contribution in [0, 0.1) is 46.3 Å². The third-order valence-corrected chi connectivity index (χ3v) is 13.0. The van der Waals surface area contributed by atoms with Gasteiger partial charge in [-0.25, -0.2) is 0 Å². The van der Waals surface area contributed by atoms with Gasteiger partial charge in [-0.05, 0) is 97.7 Å². The fourth-order valence-electron chi connectivity index (χ4n) is 10.8. The molecule has 0 spiro atoms. The quantitative estimate of drug-likeness (QED) is 0.233. The summed E-state index contributed by atoms with van der Waals surface area (Å²) in [6.07, 6.45) is 17.7. The van der Waals surface area contributed by atoms with Gasteiger partial charge in [-0.15, -0.1) is 0 Å². The minimum Gasteiger partial charge on any atom is -0.382 e. The average molecular weight is 575 g/mol. The van der Waals surface area contributed by atoms with Crippen molar-refractivity contribution >= 4 is 0 Å². The van der Waals surface area contributed by atoms with Gasteiger partial charge >= 0.3 is 0 Å². The molecule has 0 N–H and O–H groups in total. The van der Waals surface area contributed by atoms with Crippen LogP contribution < -0.4 is 0 Å². The third kappa shape index (κ3) is 6.23. The van der Waals surface area contributed by atoms with Gasteiger partial charge in [-0.3, -0.25) is 0 Å². The summed E-state index contributed by atoms with van der Waals surface area (Å²) in [4.78, 5) is 0. The Hall–Kier alpha value is -0.460. The Balaban J connectivity index is 1.22. The van der Waals surface area contributed by atoms with Crippen molar-refractivity contribution in [1.82, 2.24) is 0 Å². The summed E-state index contributed by atoms with van der Waals surface area (Å²) in [7, 11) is 5.19. The van der Waals surface area contributed by atoms with Crippen molar-refractivity contribution in [1.29, 1.82) is 0 Å². The second kappa shape index (κ2) is 13.3. The van der Waals surface area contributed by atoms with Crippen molar-refractivity contribution in [2.75, 3.05) is 27.9 Å². The van der Waals surface area contributed by atoms with Crippen molar-refractivity contribution in [2.24, 2.45) is 46.3 Å². The smallest absolute Gasteiger partial charge is 0.161 e. The van der Waals surface area contributed by atoms with E-state index in [4.69, 9.17) is 23.7 Å². The van der Waals surface area contributed by atoms with E-state index in [0.29, 0.717) is 23.9 Å². The van der Waals surface area contributed by atoms with E-state index in [0.717, 1.165) is 48.3 Å². The number of rotatable bonds is 11. The van der Waals surface area contributed by atoms with Gasteiger partial charge in [0, 0.05) is 27.8 Å². The number of hydrogen-bond donors (Lipinski definition) is 0. The predicted octanol–water partition coefficient (Wildman–Crippen LogP) is 8.20. The Bertz CT molecular complexity index is 887. The normalized spacial score (nSPS) is 45.1. The van der Waals surface area contributed by atoms with Gasteiger partial charge in [-0.1, -0.05) is 65.5 Å². The molecule has 1 aliphatic heterocycles. The summed E-state index contributed by atoms with van der Waals surface area (Å²) in [6.45, 7) is 13.1. The number of fused-ring (bicyclic) bond motifs is 5. The van der Waals surface area contributed by atoms with Gasteiger partial charge < -0.3 is 23.7 Å². The number of allylic oxidation sites excluding steroid dienone is 1. The zero-order chi connectivity index (χ0) is 29.4. The van der Waals surface area contributed by atoms with Gasteiger partial charge in [0.2, 0.25) is 0 Å². The molecule has 4 aliphatic carbocycles. The molecule has 5 rings (SSSR count). The van der Waals surface area contributed by atoms with Crippen LogP contribution in [-0.2, 0) is 23.7 Å². The molecule has 1 heterocycles. The highest BCUT2D eigenvalue weighted by atomic mass is 16.7. The van der Waals surface area contributed by atoms with Gasteiger partial charge in [-0.2, -0.15) is 0 Å². The van der Waals surface area contributed by atoms with Gasteiger partial charge in [0.15, 0.2) is 6.29 Å². The summed E-state index contributed by atoms with van der Waals surface area (Å²) >= 11 is 0. The fraction of sp³-hybridized carbons (Fsp3) is 0.944. The Labute approximate surface area is 251 Å². The number of hydrogen-bond acceptors (Lipinski definition) is 5. The molecule has 0 radical (unpaired) electrons. The highest BCUT2D eigenvalue weighted by molar-refractivity contribution is 5.25. The third-order valence-electron chi connectivity index (χ3n) is 13.0. The molecular weight excluding hydrogens is 512 g/mol. The van der Waals surface area contributed by atoms with Crippen molar-refractivity contribution in [3.8, 4) is 0 Å². The molecule has 12 atom stereocenters. The zero-order valence-electron chi connectivity index (χ0n) is 27.7. The van der Waals surface area contributed by atoms with E-state index in [-0.39, 0.29) is 30.7 Å². The van der Waals surface area contributed by atoms with Gasteiger partial charge in [0.1, 0.15) is 12.2 Å². The summed E-state index contributed by atoms with van der Waals surface area (Å²) in [5, 5.41) is 0. The molecule has 236 valence electrons. The maximum atomic E-state index is 6.68. The van der Waals surface area contributed by atoms with Crippen LogP contribution in [-0.4, -0.2) is 58.6 Å². The maximum absolute atomic E-state index is 6.68. The van der Waals surface area contributed by atoms with Crippen molar-refractivity contribution in [3.63, 3.8) is 0 Å². The zero-order valence-corrected chi connectivity index (χ0v) is 27.7. The fourth-order valence-corrected chi connectivity index (χ4v) is 10.8. The first-order valence-electron chi connectivity index (χ1n) is 17.2. The molecule has 0 aromatic rings. The Morgan fingerprint density at radius 3 is 2.46 bits per heavy atom. The molecule has 0 unspecified atom stereocenters. The van der Waals surface area contributed by atoms with Crippen molar-refractivity contribution in [2.45, 2.75) is 142 Å². The lowest BCUT2D eigenvalue weighted by molar-refractivity contribution is -0.279. The van der Waals surface area contributed by atoms with Crippen molar-refractivity contribution in [3.05, 3.63) is 11.6 Å². The molecule has 5 heteroatoms. The maximum Gasteiger partial charge on any atom is 0.161 e. The highest BCUT2D eigenvalue weighted by Crippen LogP contribution is 2.67. The lowest BCUT2D eigenvalue weighted by atomic mass is 9.47. The van der Waals surface area contributed by atoms with E-state index in [1.807, 2.05) is 0 Å². The van der Waals surface area contributed by atoms with E-state index < -0.39 is 0 Å². The van der Waals surface area contributed by atoms with Crippen LogP contribution in [0.5, 0.6) is 0 Å². The highest BCUT2D eigenvalue weighted by Gasteiger charge is 2.59. The van der Waals surface area contributed by atoms with E-state index in [9.17, 15) is 0 Å². The molecule has 0 amide bonds. The van der Waals surface area contributed by atoms with Crippen LogP contribution in [0.15, 0.2) is 11.6 Å². The summed E-state index contributed by atoms with van der Waals surface area (Å²) in [5.41, 5.74) is 2.57. The van der Waals surface area contributed by atoms with Crippen LogP contribution in [0.2, 0.25) is 0 Å². The largest absolute Gasteiger partial charge is 0.382 e. The van der Waals surface area contributed by atoms with Crippen LogP contribution in [0.25, 0.3) is 0 Å². The summed E-state index contributed by atoms with van der Waals surface area (Å²) < 4.78 is 30.0. The van der Waals surface area contributed by atoms with E-state index in [1.54, 1.807) is 26.9 Å². The molecule has 0 aromatic carbocycles. The molecule has 4 fully saturated rings. The molecule has 1 saturated heterocycles. The lowest BCUT2D eigenvalue weighted by Crippen LogP contribution is -2.53.